The predicted molar refractivity (Wildman–Crippen MR) is 116 cm³/mol. The number of halogens is 1. The van der Waals surface area contributed by atoms with Crippen LogP contribution in [0.3, 0.4) is 0 Å². The van der Waals surface area contributed by atoms with Crippen molar-refractivity contribution >= 4 is 17.5 Å². The summed E-state index contributed by atoms with van der Waals surface area (Å²) < 4.78 is 1.84. The highest BCUT2D eigenvalue weighted by Crippen LogP contribution is 2.25. The van der Waals surface area contributed by atoms with E-state index in [0.717, 1.165) is 37.1 Å². The summed E-state index contributed by atoms with van der Waals surface area (Å²) >= 11 is 6.05. The lowest BCUT2D eigenvalue weighted by molar-refractivity contribution is 0.0917. The lowest BCUT2D eigenvalue weighted by Gasteiger charge is -2.29. The Morgan fingerprint density at radius 2 is 1.79 bits per heavy atom. The topological polar surface area (TPSA) is 50.2 Å². The van der Waals surface area contributed by atoms with Gasteiger partial charge in [-0.15, -0.1) is 0 Å². The van der Waals surface area contributed by atoms with Crippen LogP contribution in [0.5, 0.6) is 0 Å². The third-order valence-electron chi connectivity index (χ3n) is 5.37. The summed E-state index contributed by atoms with van der Waals surface area (Å²) in [6, 6.07) is 17.8. The second-order valence-electron chi connectivity index (χ2n) is 7.63. The van der Waals surface area contributed by atoms with Crippen LogP contribution in [0.25, 0.3) is 11.3 Å². The molecule has 0 bridgehead atoms. The van der Waals surface area contributed by atoms with Crippen molar-refractivity contribution in [2.24, 2.45) is 0 Å². The molecule has 1 aromatic heterocycles. The Kier molecular flexibility index (Phi) is 5.97. The molecule has 1 fully saturated rings. The van der Waals surface area contributed by atoms with Crippen LogP contribution in [0.1, 0.15) is 28.8 Å². The number of amides is 1. The minimum atomic E-state index is -0.0659. The second-order valence-corrected chi connectivity index (χ2v) is 8.07. The normalized spacial score (nSPS) is 15.4. The standard InChI is InChI=1S/C23H25ClN4O/c1-27-13-11-20(12-14-27)25-23(29)21-16-28(15-17-5-3-2-4-6-17)26-22(21)18-7-9-19(24)10-8-18/h2-10,16,20H,11-15H2,1H3,(H,25,29). The number of rotatable bonds is 5. The van der Waals surface area contributed by atoms with Crippen molar-refractivity contribution in [3.8, 4) is 11.3 Å². The molecule has 2 heterocycles. The highest BCUT2D eigenvalue weighted by Gasteiger charge is 2.23. The van der Waals surface area contributed by atoms with Crippen LogP contribution in [0.4, 0.5) is 0 Å². The lowest BCUT2D eigenvalue weighted by atomic mass is 10.0. The van der Waals surface area contributed by atoms with Gasteiger partial charge in [0.25, 0.3) is 5.91 Å². The molecule has 0 aliphatic carbocycles. The van der Waals surface area contributed by atoms with Crippen LogP contribution in [-0.2, 0) is 6.54 Å². The monoisotopic (exact) mass is 408 g/mol. The fourth-order valence-electron chi connectivity index (χ4n) is 3.68. The van der Waals surface area contributed by atoms with Gasteiger partial charge in [0, 0.05) is 22.8 Å². The number of carbonyl (C=O) groups excluding carboxylic acids is 1. The molecular formula is C23H25ClN4O. The summed E-state index contributed by atoms with van der Waals surface area (Å²) in [6.45, 7) is 2.62. The molecule has 0 atom stereocenters. The molecule has 1 aliphatic heterocycles. The summed E-state index contributed by atoms with van der Waals surface area (Å²) in [5.74, 6) is -0.0659. The molecule has 2 aromatic carbocycles. The SMILES string of the molecule is CN1CCC(NC(=O)c2cn(Cc3ccccc3)nc2-c2ccc(Cl)cc2)CC1. The predicted octanol–water partition coefficient (Wildman–Crippen LogP) is 4.08. The number of nitrogens with zero attached hydrogens (tertiary/aromatic N) is 3. The van der Waals surface area contributed by atoms with Crippen molar-refractivity contribution in [3.05, 3.63) is 76.9 Å². The Labute approximate surface area is 176 Å². The number of aromatic nitrogens is 2. The van der Waals surface area contributed by atoms with Crippen molar-refractivity contribution in [1.29, 1.82) is 0 Å². The van der Waals surface area contributed by atoms with Crippen LogP contribution >= 0.6 is 11.6 Å². The molecule has 0 unspecified atom stereocenters. The van der Waals surface area contributed by atoms with E-state index in [4.69, 9.17) is 16.7 Å². The Bertz CT molecular complexity index is 960. The molecule has 1 amide bonds. The summed E-state index contributed by atoms with van der Waals surface area (Å²) in [7, 11) is 2.12. The first-order valence-corrected chi connectivity index (χ1v) is 10.3. The van der Waals surface area contributed by atoms with Gasteiger partial charge in [0.05, 0.1) is 12.1 Å². The molecule has 1 N–H and O–H groups in total. The van der Waals surface area contributed by atoms with Crippen LogP contribution in [-0.4, -0.2) is 46.8 Å². The van der Waals surface area contributed by atoms with Crippen molar-refractivity contribution < 1.29 is 4.79 Å². The minimum Gasteiger partial charge on any atom is -0.349 e. The van der Waals surface area contributed by atoms with Gasteiger partial charge in [-0.2, -0.15) is 5.10 Å². The molecule has 150 valence electrons. The Balaban J connectivity index is 1.61. The quantitative estimate of drug-likeness (QED) is 0.692. The summed E-state index contributed by atoms with van der Waals surface area (Å²) in [5.41, 5.74) is 3.31. The maximum absolute atomic E-state index is 13.1. The van der Waals surface area contributed by atoms with E-state index in [2.05, 4.69) is 29.4 Å². The van der Waals surface area contributed by atoms with Crippen molar-refractivity contribution in [2.75, 3.05) is 20.1 Å². The molecule has 6 heteroatoms. The van der Waals surface area contributed by atoms with Crippen LogP contribution < -0.4 is 5.32 Å². The van der Waals surface area contributed by atoms with E-state index >= 15 is 0 Å². The Morgan fingerprint density at radius 3 is 2.48 bits per heavy atom. The smallest absolute Gasteiger partial charge is 0.255 e. The molecule has 0 saturated carbocycles. The van der Waals surface area contributed by atoms with Crippen LogP contribution in [0.15, 0.2) is 60.8 Å². The maximum atomic E-state index is 13.1. The number of hydrogen-bond donors (Lipinski definition) is 1. The van der Waals surface area contributed by atoms with Gasteiger partial charge in [0.1, 0.15) is 5.69 Å². The van der Waals surface area contributed by atoms with E-state index in [1.165, 1.54) is 0 Å². The van der Waals surface area contributed by atoms with Gasteiger partial charge in [0.15, 0.2) is 0 Å². The fraction of sp³-hybridized carbons (Fsp3) is 0.304. The average Bonchev–Trinajstić information content (AvgIpc) is 3.15. The fourth-order valence-corrected chi connectivity index (χ4v) is 3.80. The van der Waals surface area contributed by atoms with Crippen molar-refractivity contribution in [1.82, 2.24) is 20.0 Å². The van der Waals surface area contributed by atoms with Crippen molar-refractivity contribution in [3.63, 3.8) is 0 Å². The van der Waals surface area contributed by atoms with Gasteiger partial charge in [-0.05, 0) is 50.7 Å². The Hall–Kier alpha value is -2.63. The molecule has 0 radical (unpaired) electrons. The second kappa shape index (κ2) is 8.80. The van der Waals surface area contributed by atoms with Gasteiger partial charge >= 0.3 is 0 Å². The highest BCUT2D eigenvalue weighted by molar-refractivity contribution is 6.30. The number of hydrogen-bond acceptors (Lipinski definition) is 3. The van der Waals surface area contributed by atoms with E-state index in [0.29, 0.717) is 22.8 Å². The number of piperidine rings is 1. The zero-order chi connectivity index (χ0) is 20.2. The molecule has 1 saturated heterocycles. The lowest BCUT2D eigenvalue weighted by Crippen LogP contribution is -2.43. The molecule has 1 aliphatic rings. The number of benzene rings is 2. The van der Waals surface area contributed by atoms with Gasteiger partial charge in [-0.3, -0.25) is 9.48 Å². The van der Waals surface area contributed by atoms with Crippen LogP contribution in [0.2, 0.25) is 5.02 Å². The first kappa shape index (κ1) is 19.7. The van der Waals surface area contributed by atoms with Gasteiger partial charge in [-0.25, -0.2) is 0 Å². The largest absolute Gasteiger partial charge is 0.349 e. The summed E-state index contributed by atoms with van der Waals surface area (Å²) in [5, 5.41) is 8.61. The van der Waals surface area contributed by atoms with Gasteiger partial charge in [0.2, 0.25) is 0 Å². The highest BCUT2D eigenvalue weighted by atomic mass is 35.5. The summed E-state index contributed by atoms with van der Waals surface area (Å²) in [4.78, 5) is 15.4. The Morgan fingerprint density at radius 1 is 1.10 bits per heavy atom. The first-order chi connectivity index (χ1) is 14.1. The number of likely N-dealkylation sites (tertiary alicyclic amines) is 1. The van der Waals surface area contributed by atoms with E-state index in [-0.39, 0.29) is 11.9 Å². The zero-order valence-corrected chi connectivity index (χ0v) is 17.3. The molecule has 5 nitrogen and oxygen atoms in total. The maximum Gasteiger partial charge on any atom is 0.255 e. The molecular weight excluding hydrogens is 384 g/mol. The third-order valence-corrected chi connectivity index (χ3v) is 5.62. The van der Waals surface area contributed by atoms with Crippen molar-refractivity contribution in [2.45, 2.75) is 25.4 Å². The van der Waals surface area contributed by atoms with E-state index in [9.17, 15) is 4.79 Å². The van der Waals surface area contributed by atoms with E-state index < -0.39 is 0 Å². The van der Waals surface area contributed by atoms with E-state index in [1.54, 1.807) is 0 Å². The average molecular weight is 409 g/mol. The minimum absolute atomic E-state index is 0.0659. The molecule has 4 rings (SSSR count). The van der Waals surface area contributed by atoms with Gasteiger partial charge in [-0.1, -0.05) is 54.1 Å². The summed E-state index contributed by atoms with van der Waals surface area (Å²) in [6.07, 6.45) is 3.79. The van der Waals surface area contributed by atoms with Gasteiger partial charge < -0.3 is 10.2 Å². The van der Waals surface area contributed by atoms with Crippen LogP contribution in [0, 0.1) is 0 Å². The molecule has 3 aromatic rings. The third kappa shape index (κ3) is 4.86. The number of carbonyl (C=O) groups is 1. The zero-order valence-electron chi connectivity index (χ0n) is 16.5. The molecule has 29 heavy (non-hydrogen) atoms. The molecule has 0 spiro atoms. The first-order valence-electron chi connectivity index (χ1n) is 9.95. The number of nitrogens with one attached hydrogen (secondary N) is 1. The van der Waals surface area contributed by atoms with E-state index in [1.807, 2.05) is 53.3 Å².